The summed E-state index contributed by atoms with van der Waals surface area (Å²) >= 11 is 0. The third-order valence-corrected chi connectivity index (χ3v) is 0.876. The molecule has 0 aliphatic heterocycles. The van der Waals surface area contributed by atoms with Crippen molar-refractivity contribution in [3.63, 3.8) is 0 Å². The fourth-order valence-electron chi connectivity index (χ4n) is 0.326. The molecule has 0 amide bonds. The standard InChI is InChI=1S/C5H11NO3/c1-4(3-7)6-2-5(8)9/h4,6-7H,2-3H2,1H3,(H,8,9). The van der Waals surface area contributed by atoms with Gasteiger partial charge in [0.15, 0.2) is 0 Å². The number of rotatable bonds is 4. The highest BCUT2D eigenvalue weighted by Gasteiger charge is 2.00. The van der Waals surface area contributed by atoms with Gasteiger partial charge in [0.1, 0.15) is 0 Å². The van der Waals surface area contributed by atoms with Gasteiger partial charge in [0.05, 0.1) is 13.2 Å². The first-order chi connectivity index (χ1) is 4.16. The van der Waals surface area contributed by atoms with Crippen LogP contribution in [0.3, 0.4) is 0 Å². The molecule has 0 saturated carbocycles. The first-order valence-corrected chi connectivity index (χ1v) is 2.73. The van der Waals surface area contributed by atoms with Gasteiger partial charge in [-0.25, -0.2) is 0 Å². The van der Waals surface area contributed by atoms with Crippen molar-refractivity contribution < 1.29 is 15.0 Å². The fraction of sp³-hybridized carbons (Fsp3) is 0.800. The smallest absolute Gasteiger partial charge is 0.317 e. The van der Waals surface area contributed by atoms with Gasteiger partial charge in [0.25, 0.3) is 0 Å². The number of hydrogen-bond acceptors (Lipinski definition) is 3. The van der Waals surface area contributed by atoms with Crippen LogP contribution < -0.4 is 5.32 Å². The van der Waals surface area contributed by atoms with E-state index in [2.05, 4.69) is 5.32 Å². The van der Waals surface area contributed by atoms with E-state index < -0.39 is 5.97 Å². The molecule has 0 radical (unpaired) electrons. The lowest BCUT2D eigenvalue weighted by Gasteiger charge is -2.06. The molecule has 0 aliphatic rings. The molecule has 0 saturated heterocycles. The Morgan fingerprint density at radius 3 is 2.67 bits per heavy atom. The molecule has 0 fully saturated rings. The average Bonchev–Trinajstić information content (AvgIpc) is 1.83. The van der Waals surface area contributed by atoms with Gasteiger partial charge in [-0.05, 0) is 6.92 Å². The number of carbonyl (C=O) groups is 1. The molecule has 4 nitrogen and oxygen atoms in total. The summed E-state index contributed by atoms with van der Waals surface area (Å²) < 4.78 is 0. The molecule has 4 heteroatoms. The fourth-order valence-corrected chi connectivity index (χ4v) is 0.326. The maximum atomic E-state index is 9.88. The van der Waals surface area contributed by atoms with Crippen LogP contribution in [0.25, 0.3) is 0 Å². The van der Waals surface area contributed by atoms with Crippen LogP contribution in [0.5, 0.6) is 0 Å². The molecule has 0 aromatic carbocycles. The van der Waals surface area contributed by atoms with Crippen LogP contribution in [0.15, 0.2) is 0 Å². The van der Waals surface area contributed by atoms with E-state index in [4.69, 9.17) is 10.2 Å². The van der Waals surface area contributed by atoms with Gasteiger partial charge in [-0.1, -0.05) is 0 Å². The SMILES string of the molecule is CC(CO)NCC(=O)O. The second kappa shape index (κ2) is 4.29. The van der Waals surface area contributed by atoms with Gasteiger partial charge in [-0.15, -0.1) is 0 Å². The molecule has 9 heavy (non-hydrogen) atoms. The lowest BCUT2D eigenvalue weighted by molar-refractivity contribution is -0.136. The third-order valence-electron chi connectivity index (χ3n) is 0.876. The summed E-state index contributed by atoms with van der Waals surface area (Å²) in [4.78, 5) is 9.88. The molecule has 0 heterocycles. The van der Waals surface area contributed by atoms with Crippen molar-refractivity contribution >= 4 is 5.97 Å². The highest BCUT2D eigenvalue weighted by Crippen LogP contribution is 1.75. The largest absolute Gasteiger partial charge is 0.480 e. The maximum Gasteiger partial charge on any atom is 0.317 e. The molecule has 1 atom stereocenters. The molecule has 0 rings (SSSR count). The Morgan fingerprint density at radius 1 is 1.78 bits per heavy atom. The predicted molar refractivity (Wildman–Crippen MR) is 32.2 cm³/mol. The molecule has 1 unspecified atom stereocenters. The molecular weight excluding hydrogens is 122 g/mol. The number of hydrogen-bond donors (Lipinski definition) is 3. The minimum atomic E-state index is -0.907. The monoisotopic (exact) mass is 133 g/mol. The molecule has 0 spiro atoms. The summed E-state index contributed by atoms with van der Waals surface area (Å²) in [5, 5.41) is 19.1. The third kappa shape index (κ3) is 5.26. The van der Waals surface area contributed by atoms with E-state index in [9.17, 15) is 4.79 Å². The van der Waals surface area contributed by atoms with Gasteiger partial charge in [0, 0.05) is 6.04 Å². The summed E-state index contributed by atoms with van der Waals surface area (Å²) in [5.41, 5.74) is 0. The Bertz CT molecular complexity index is 94.2. The molecule has 54 valence electrons. The van der Waals surface area contributed by atoms with Crippen LogP contribution in [0.1, 0.15) is 6.92 Å². The van der Waals surface area contributed by atoms with Gasteiger partial charge in [0.2, 0.25) is 0 Å². The molecule has 0 aromatic rings. The first kappa shape index (κ1) is 8.39. The Balaban J connectivity index is 3.16. The zero-order valence-electron chi connectivity index (χ0n) is 5.29. The van der Waals surface area contributed by atoms with Gasteiger partial charge >= 0.3 is 5.97 Å². The number of carboxylic acids is 1. The topological polar surface area (TPSA) is 69.6 Å². The van der Waals surface area contributed by atoms with E-state index in [-0.39, 0.29) is 19.2 Å². The van der Waals surface area contributed by atoms with Gasteiger partial charge < -0.3 is 15.5 Å². The minimum absolute atomic E-state index is 0.0344. The van der Waals surface area contributed by atoms with Crippen molar-refractivity contribution in [3.8, 4) is 0 Å². The lowest BCUT2D eigenvalue weighted by Crippen LogP contribution is -2.33. The van der Waals surface area contributed by atoms with Crippen LogP contribution in [0.4, 0.5) is 0 Å². The van der Waals surface area contributed by atoms with Crippen molar-refractivity contribution in [1.29, 1.82) is 0 Å². The molecular formula is C5H11NO3. The van der Waals surface area contributed by atoms with E-state index in [0.717, 1.165) is 0 Å². The number of aliphatic hydroxyl groups is 1. The van der Waals surface area contributed by atoms with Gasteiger partial charge in [-0.3, -0.25) is 4.79 Å². The molecule has 0 bridgehead atoms. The van der Waals surface area contributed by atoms with E-state index >= 15 is 0 Å². The number of nitrogens with one attached hydrogen (secondary N) is 1. The average molecular weight is 133 g/mol. The molecule has 0 aromatic heterocycles. The normalized spacial score (nSPS) is 13.1. The highest BCUT2D eigenvalue weighted by molar-refractivity contribution is 5.69. The Kier molecular flexibility index (Phi) is 4.00. The van der Waals surface area contributed by atoms with Crippen LogP contribution in [-0.2, 0) is 4.79 Å². The Morgan fingerprint density at radius 2 is 2.33 bits per heavy atom. The van der Waals surface area contributed by atoms with Crippen molar-refractivity contribution in [1.82, 2.24) is 5.32 Å². The zero-order chi connectivity index (χ0) is 7.28. The van der Waals surface area contributed by atoms with Crippen LogP contribution in [0, 0.1) is 0 Å². The predicted octanol–water partition coefficient (Wildman–Crippen LogP) is -0.959. The quantitative estimate of drug-likeness (QED) is 0.462. The summed E-state index contributed by atoms with van der Waals surface area (Å²) in [7, 11) is 0. The molecule has 0 aliphatic carbocycles. The number of aliphatic hydroxyl groups excluding tert-OH is 1. The van der Waals surface area contributed by atoms with Crippen molar-refractivity contribution in [2.45, 2.75) is 13.0 Å². The highest BCUT2D eigenvalue weighted by atomic mass is 16.4. The van der Waals surface area contributed by atoms with E-state index in [1.165, 1.54) is 0 Å². The van der Waals surface area contributed by atoms with Crippen molar-refractivity contribution in [2.24, 2.45) is 0 Å². The first-order valence-electron chi connectivity index (χ1n) is 2.73. The van der Waals surface area contributed by atoms with Crippen LogP contribution >= 0.6 is 0 Å². The van der Waals surface area contributed by atoms with E-state index in [1.807, 2.05) is 0 Å². The maximum absolute atomic E-state index is 9.88. The lowest BCUT2D eigenvalue weighted by atomic mass is 10.4. The summed E-state index contributed by atoms with van der Waals surface area (Å²) in [6.45, 7) is 1.58. The second-order valence-electron chi connectivity index (χ2n) is 1.86. The minimum Gasteiger partial charge on any atom is -0.480 e. The van der Waals surface area contributed by atoms with Gasteiger partial charge in [-0.2, -0.15) is 0 Å². The Hall–Kier alpha value is -0.610. The Labute approximate surface area is 53.5 Å². The zero-order valence-corrected chi connectivity index (χ0v) is 5.29. The molecule has 3 N–H and O–H groups in total. The van der Waals surface area contributed by atoms with Crippen molar-refractivity contribution in [3.05, 3.63) is 0 Å². The van der Waals surface area contributed by atoms with Crippen LogP contribution in [-0.4, -0.2) is 35.4 Å². The van der Waals surface area contributed by atoms with Crippen LogP contribution in [0.2, 0.25) is 0 Å². The van der Waals surface area contributed by atoms with Crippen molar-refractivity contribution in [2.75, 3.05) is 13.2 Å². The number of aliphatic carboxylic acids is 1. The number of carboxylic acid groups (broad SMARTS) is 1. The summed E-state index contributed by atoms with van der Waals surface area (Å²) in [6, 6.07) is -0.138. The van der Waals surface area contributed by atoms with E-state index in [1.54, 1.807) is 6.92 Å². The summed E-state index contributed by atoms with van der Waals surface area (Å²) in [6.07, 6.45) is 0. The summed E-state index contributed by atoms with van der Waals surface area (Å²) in [5.74, 6) is -0.907. The second-order valence-corrected chi connectivity index (χ2v) is 1.86. The van der Waals surface area contributed by atoms with E-state index in [0.29, 0.717) is 0 Å².